The Labute approximate surface area is 115 Å². The van der Waals surface area contributed by atoms with Crippen LogP contribution >= 0.6 is 0 Å². The minimum absolute atomic E-state index is 0.0432. The number of hydrogen-bond donors (Lipinski definition) is 2. The predicted octanol–water partition coefficient (Wildman–Crippen LogP) is 1.98. The molecule has 0 saturated carbocycles. The van der Waals surface area contributed by atoms with E-state index in [9.17, 15) is 18.5 Å². The predicted molar refractivity (Wildman–Crippen MR) is 74.8 cm³/mol. The maximum atomic E-state index is 12.1. The first kappa shape index (κ1) is 13.8. The Kier molecular flexibility index (Phi) is 3.57. The van der Waals surface area contributed by atoms with Gasteiger partial charge in [0, 0.05) is 17.8 Å². The number of hydrogen-bond acceptors (Lipinski definition) is 5. The zero-order chi connectivity index (χ0) is 14.8. The summed E-state index contributed by atoms with van der Waals surface area (Å²) >= 11 is 0. The van der Waals surface area contributed by atoms with E-state index in [4.69, 9.17) is 5.73 Å². The highest BCUT2D eigenvalue weighted by Crippen LogP contribution is 2.22. The molecule has 0 saturated heterocycles. The van der Waals surface area contributed by atoms with Gasteiger partial charge in [-0.1, -0.05) is 12.1 Å². The van der Waals surface area contributed by atoms with Crippen LogP contribution in [0.5, 0.6) is 0 Å². The molecule has 0 fully saturated rings. The summed E-state index contributed by atoms with van der Waals surface area (Å²) in [5, 5.41) is 10.5. The zero-order valence-electron chi connectivity index (χ0n) is 10.2. The van der Waals surface area contributed by atoms with E-state index in [-0.39, 0.29) is 22.0 Å². The van der Waals surface area contributed by atoms with Crippen LogP contribution in [-0.2, 0) is 10.0 Å². The Morgan fingerprint density at radius 2 is 1.65 bits per heavy atom. The van der Waals surface area contributed by atoms with Gasteiger partial charge < -0.3 is 5.73 Å². The second-order valence-corrected chi connectivity index (χ2v) is 5.60. The average Bonchev–Trinajstić information content (AvgIpc) is 2.39. The molecule has 8 heteroatoms. The van der Waals surface area contributed by atoms with E-state index < -0.39 is 14.9 Å². The highest BCUT2D eigenvalue weighted by Gasteiger charge is 2.17. The number of nitrogens with zero attached hydrogens (tertiary/aromatic N) is 1. The van der Waals surface area contributed by atoms with Gasteiger partial charge in [-0.15, -0.1) is 0 Å². The van der Waals surface area contributed by atoms with Crippen molar-refractivity contribution >= 4 is 27.1 Å². The molecule has 0 amide bonds. The summed E-state index contributed by atoms with van der Waals surface area (Å²) in [6, 6.07) is 11.1. The first-order valence-electron chi connectivity index (χ1n) is 5.52. The Hall–Kier alpha value is -2.61. The van der Waals surface area contributed by atoms with Gasteiger partial charge in [-0.2, -0.15) is 0 Å². The topological polar surface area (TPSA) is 115 Å². The van der Waals surface area contributed by atoms with Gasteiger partial charge >= 0.3 is 0 Å². The molecule has 2 aromatic carbocycles. The van der Waals surface area contributed by atoms with Crippen molar-refractivity contribution in [2.75, 3.05) is 10.5 Å². The smallest absolute Gasteiger partial charge is 0.269 e. The van der Waals surface area contributed by atoms with Gasteiger partial charge in [-0.05, 0) is 24.3 Å². The maximum absolute atomic E-state index is 12.1. The summed E-state index contributed by atoms with van der Waals surface area (Å²) in [6.07, 6.45) is 0. The molecule has 0 aliphatic rings. The molecule has 2 aromatic rings. The molecule has 0 aliphatic carbocycles. The second-order valence-electron chi connectivity index (χ2n) is 3.95. The van der Waals surface area contributed by atoms with Gasteiger partial charge in [-0.3, -0.25) is 14.8 Å². The molecule has 0 unspecified atom stereocenters. The molecule has 0 aliphatic heterocycles. The summed E-state index contributed by atoms with van der Waals surface area (Å²) in [5.74, 6) is 0. The minimum atomic E-state index is -3.82. The lowest BCUT2D eigenvalue weighted by molar-refractivity contribution is -0.384. The monoisotopic (exact) mass is 293 g/mol. The number of anilines is 2. The number of benzene rings is 2. The van der Waals surface area contributed by atoms with Gasteiger partial charge in [0.05, 0.1) is 10.6 Å². The van der Waals surface area contributed by atoms with Gasteiger partial charge in [0.1, 0.15) is 4.90 Å². The first-order chi connectivity index (χ1) is 9.40. The van der Waals surface area contributed by atoms with Crippen molar-refractivity contribution in [3.63, 3.8) is 0 Å². The van der Waals surface area contributed by atoms with Crippen molar-refractivity contribution in [2.45, 2.75) is 4.90 Å². The molecule has 2 rings (SSSR count). The Balaban J connectivity index is 2.29. The van der Waals surface area contributed by atoms with Crippen molar-refractivity contribution in [1.82, 2.24) is 0 Å². The van der Waals surface area contributed by atoms with Crippen molar-refractivity contribution < 1.29 is 13.3 Å². The van der Waals surface area contributed by atoms with E-state index in [2.05, 4.69) is 4.72 Å². The molecule has 0 radical (unpaired) electrons. The van der Waals surface area contributed by atoms with Crippen LogP contribution in [0.1, 0.15) is 0 Å². The molecule has 0 aromatic heterocycles. The van der Waals surface area contributed by atoms with Crippen LogP contribution in [0.2, 0.25) is 0 Å². The number of sulfonamides is 1. The molecule has 0 bridgehead atoms. The molecule has 0 atom stereocenters. The standard InChI is InChI=1S/C12H11N3O4S/c13-11-3-1-2-4-12(11)20(18,19)14-9-5-7-10(8-6-9)15(16)17/h1-8,14H,13H2. The fourth-order valence-electron chi connectivity index (χ4n) is 1.59. The summed E-state index contributed by atoms with van der Waals surface area (Å²) in [5.41, 5.74) is 5.85. The third kappa shape index (κ3) is 2.86. The minimum Gasteiger partial charge on any atom is -0.398 e. The lowest BCUT2D eigenvalue weighted by Gasteiger charge is -2.09. The molecular formula is C12H11N3O4S. The summed E-state index contributed by atoms with van der Waals surface area (Å²) in [7, 11) is -3.82. The van der Waals surface area contributed by atoms with E-state index in [0.29, 0.717) is 0 Å². The number of nitrogens with two attached hydrogens (primary N) is 1. The van der Waals surface area contributed by atoms with Crippen LogP contribution in [0.15, 0.2) is 53.4 Å². The number of nitrogen functional groups attached to an aromatic ring is 1. The maximum Gasteiger partial charge on any atom is 0.269 e. The third-order valence-corrected chi connectivity index (χ3v) is 3.99. The van der Waals surface area contributed by atoms with Crippen LogP contribution in [0, 0.1) is 10.1 Å². The van der Waals surface area contributed by atoms with Crippen molar-refractivity contribution in [1.29, 1.82) is 0 Å². The zero-order valence-corrected chi connectivity index (χ0v) is 11.0. The highest BCUT2D eigenvalue weighted by atomic mass is 32.2. The molecule has 3 N–H and O–H groups in total. The Bertz CT molecular complexity index is 742. The number of rotatable bonds is 4. The number of nitrogens with one attached hydrogen (secondary N) is 1. The van der Waals surface area contributed by atoms with E-state index in [1.54, 1.807) is 12.1 Å². The van der Waals surface area contributed by atoms with E-state index in [0.717, 1.165) is 0 Å². The number of nitro groups is 1. The van der Waals surface area contributed by atoms with E-state index >= 15 is 0 Å². The Morgan fingerprint density at radius 1 is 1.05 bits per heavy atom. The number of para-hydroxylation sites is 1. The first-order valence-corrected chi connectivity index (χ1v) is 7.00. The normalized spacial score (nSPS) is 11.0. The van der Waals surface area contributed by atoms with Gasteiger partial charge in [0.15, 0.2) is 0 Å². The van der Waals surface area contributed by atoms with Crippen molar-refractivity contribution in [3.05, 3.63) is 58.6 Å². The molecule has 0 heterocycles. The van der Waals surface area contributed by atoms with Crippen molar-refractivity contribution in [3.8, 4) is 0 Å². The van der Waals surface area contributed by atoms with Crippen molar-refractivity contribution in [2.24, 2.45) is 0 Å². The quantitative estimate of drug-likeness (QED) is 0.508. The summed E-state index contributed by atoms with van der Waals surface area (Å²) < 4.78 is 26.5. The van der Waals surface area contributed by atoms with Crippen LogP contribution in [0.25, 0.3) is 0 Å². The number of nitro benzene ring substituents is 1. The molecule has 0 spiro atoms. The third-order valence-electron chi connectivity index (χ3n) is 2.54. The lowest BCUT2D eigenvalue weighted by Crippen LogP contribution is -2.14. The van der Waals surface area contributed by atoms with Crippen LogP contribution < -0.4 is 10.5 Å². The highest BCUT2D eigenvalue weighted by molar-refractivity contribution is 7.92. The average molecular weight is 293 g/mol. The van der Waals surface area contributed by atoms with Gasteiger partial charge in [0.2, 0.25) is 0 Å². The van der Waals surface area contributed by atoms with E-state index in [1.807, 2.05) is 0 Å². The van der Waals surface area contributed by atoms with E-state index in [1.165, 1.54) is 36.4 Å². The molecule has 20 heavy (non-hydrogen) atoms. The fraction of sp³-hybridized carbons (Fsp3) is 0. The largest absolute Gasteiger partial charge is 0.398 e. The Morgan fingerprint density at radius 3 is 2.20 bits per heavy atom. The molecular weight excluding hydrogens is 282 g/mol. The van der Waals surface area contributed by atoms with Crippen LogP contribution in [0.3, 0.4) is 0 Å². The van der Waals surface area contributed by atoms with Crippen LogP contribution in [0.4, 0.5) is 17.1 Å². The second kappa shape index (κ2) is 5.17. The van der Waals surface area contributed by atoms with Gasteiger partial charge in [-0.25, -0.2) is 8.42 Å². The number of non-ortho nitro benzene ring substituents is 1. The summed E-state index contributed by atoms with van der Waals surface area (Å²) in [4.78, 5) is 9.91. The molecule has 7 nitrogen and oxygen atoms in total. The SMILES string of the molecule is Nc1ccccc1S(=O)(=O)Nc1ccc([N+](=O)[O-])cc1. The fourth-order valence-corrected chi connectivity index (χ4v) is 2.78. The van der Waals surface area contributed by atoms with Crippen LogP contribution in [-0.4, -0.2) is 13.3 Å². The lowest BCUT2D eigenvalue weighted by atomic mass is 10.3. The summed E-state index contributed by atoms with van der Waals surface area (Å²) in [6.45, 7) is 0. The van der Waals surface area contributed by atoms with Gasteiger partial charge in [0.25, 0.3) is 15.7 Å². The molecule has 104 valence electrons.